The molecule has 4 N–H and O–H groups in total. The molecule has 0 rings (SSSR count). The van der Waals surface area contributed by atoms with Gasteiger partial charge in [-0.1, -0.05) is 13.8 Å². The highest BCUT2D eigenvalue weighted by atomic mass is 16.4. The molecule has 0 spiro atoms. The number of amides is 3. The average molecular weight is 301 g/mol. The van der Waals surface area contributed by atoms with Crippen molar-refractivity contribution in [2.24, 2.45) is 5.92 Å². The number of carbonyl (C=O) groups is 3. The molecule has 0 aliphatic rings. The smallest absolute Gasteiger partial charge is 0.315 e. The topological polar surface area (TPSA) is 108 Å². The zero-order valence-corrected chi connectivity index (χ0v) is 13.1. The second-order valence-corrected chi connectivity index (χ2v) is 5.24. The van der Waals surface area contributed by atoms with Crippen LogP contribution in [-0.4, -0.2) is 42.1 Å². The standard InChI is InChI=1S/C14H27N3O4/c1-4-8-15-13(20)11(3)17-14(21)16-9-7-10(2)5-6-12(18)19/h10-11H,4-9H2,1-3H3,(H,15,20)(H,18,19)(H2,16,17,21). The van der Waals surface area contributed by atoms with Crippen molar-refractivity contribution in [2.45, 2.75) is 52.5 Å². The highest BCUT2D eigenvalue weighted by molar-refractivity contribution is 5.86. The normalized spacial score (nSPS) is 13.1. The van der Waals surface area contributed by atoms with Crippen LogP contribution in [0.2, 0.25) is 0 Å². The lowest BCUT2D eigenvalue weighted by Gasteiger charge is -2.15. The van der Waals surface area contributed by atoms with E-state index in [0.717, 1.165) is 6.42 Å². The van der Waals surface area contributed by atoms with E-state index >= 15 is 0 Å². The van der Waals surface area contributed by atoms with Crippen molar-refractivity contribution in [3.8, 4) is 0 Å². The van der Waals surface area contributed by atoms with Gasteiger partial charge in [-0.25, -0.2) is 4.79 Å². The molecule has 0 aromatic heterocycles. The Morgan fingerprint density at radius 1 is 1.05 bits per heavy atom. The minimum atomic E-state index is -0.806. The van der Waals surface area contributed by atoms with Crippen molar-refractivity contribution in [1.29, 1.82) is 0 Å². The van der Waals surface area contributed by atoms with Crippen molar-refractivity contribution >= 4 is 17.9 Å². The molecule has 122 valence electrons. The van der Waals surface area contributed by atoms with E-state index in [9.17, 15) is 14.4 Å². The lowest BCUT2D eigenvalue weighted by atomic mass is 10.0. The van der Waals surface area contributed by atoms with Crippen LogP contribution in [0.5, 0.6) is 0 Å². The summed E-state index contributed by atoms with van der Waals surface area (Å²) in [4.78, 5) is 33.6. The van der Waals surface area contributed by atoms with Crippen LogP contribution in [0, 0.1) is 5.92 Å². The maximum absolute atomic E-state index is 11.6. The number of hydrogen-bond donors (Lipinski definition) is 4. The SMILES string of the molecule is CCCNC(=O)C(C)NC(=O)NCCC(C)CCC(=O)O. The van der Waals surface area contributed by atoms with E-state index in [1.165, 1.54) is 0 Å². The number of hydrogen-bond acceptors (Lipinski definition) is 3. The molecule has 2 atom stereocenters. The molecular formula is C14H27N3O4. The Morgan fingerprint density at radius 2 is 1.71 bits per heavy atom. The summed E-state index contributed by atoms with van der Waals surface area (Å²) in [6, 6.07) is -0.972. The molecular weight excluding hydrogens is 274 g/mol. The fraction of sp³-hybridized carbons (Fsp3) is 0.786. The molecule has 0 saturated heterocycles. The van der Waals surface area contributed by atoms with Gasteiger partial charge in [0.15, 0.2) is 0 Å². The maximum atomic E-state index is 11.6. The van der Waals surface area contributed by atoms with E-state index in [0.29, 0.717) is 25.9 Å². The van der Waals surface area contributed by atoms with Gasteiger partial charge in [0.25, 0.3) is 0 Å². The average Bonchev–Trinajstić information content (AvgIpc) is 2.42. The van der Waals surface area contributed by atoms with Gasteiger partial charge in [-0.15, -0.1) is 0 Å². The van der Waals surface area contributed by atoms with Gasteiger partial charge in [-0.3, -0.25) is 9.59 Å². The fourth-order valence-electron chi connectivity index (χ4n) is 1.66. The van der Waals surface area contributed by atoms with E-state index in [1.807, 2.05) is 13.8 Å². The van der Waals surface area contributed by atoms with Crippen molar-refractivity contribution in [3.63, 3.8) is 0 Å². The van der Waals surface area contributed by atoms with Gasteiger partial charge in [0.2, 0.25) is 5.91 Å². The van der Waals surface area contributed by atoms with Crippen molar-refractivity contribution in [3.05, 3.63) is 0 Å². The number of urea groups is 1. The molecule has 7 heteroatoms. The van der Waals surface area contributed by atoms with Crippen molar-refractivity contribution in [1.82, 2.24) is 16.0 Å². The summed E-state index contributed by atoms with van der Waals surface area (Å²) in [5.74, 6) is -0.784. The molecule has 0 aliphatic heterocycles. The summed E-state index contributed by atoms with van der Waals surface area (Å²) < 4.78 is 0. The van der Waals surface area contributed by atoms with Crippen LogP contribution in [0.25, 0.3) is 0 Å². The Hall–Kier alpha value is -1.79. The summed E-state index contributed by atoms with van der Waals surface area (Å²) in [6.45, 7) is 6.57. The van der Waals surface area contributed by atoms with Crippen LogP contribution in [-0.2, 0) is 9.59 Å². The number of carboxylic acids is 1. The third-order valence-corrected chi connectivity index (χ3v) is 3.06. The maximum Gasteiger partial charge on any atom is 0.315 e. The Bertz CT molecular complexity index is 347. The number of carboxylic acid groups (broad SMARTS) is 1. The molecule has 3 amide bonds. The van der Waals surface area contributed by atoms with E-state index in [1.54, 1.807) is 6.92 Å². The molecule has 0 fully saturated rings. The largest absolute Gasteiger partial charge is 0.481 e. The first-order chi connectivity index (χ1) is 9.86. The third-order valence-electron chi connectivity index (χ3n) is 3.06. The van der Waals surface area contributed by atoms with E-state index in [2.05, 4.69) is 16.0 Å². The highest BCUT2D eigenvalue weighted by Crippen LogP contribution is 2.08. The monoisotopic (exact) mass is 301 g/mol. The molecule has 7 nitrogen and oxygen atoms in total. The minimum absolute atomic E-state index is 0.141. The van der Waals surface area contributed by atoms with Gasteiger partial charge >= 0.3 is 12.0 Å². The lowest BCUT2D eigenvalue weighted by molar-refractivity contribution is -0.137. The summed E-state index contributed by atoms with van der Waals surface area (Å²) in [6.07, 6.45) is 2.28. The van der Waals surface area contributed by atoms with Crippen LogP contribution in [0.1, 0.15) is 46.5 Å². The quantitative estimate of drug-likeness (QED) is 0.484. The van der Waals surface area contributed by atoms with Crippen molar-refractivity contribution in [2.75, 3.05) is 13.1 Å². The number of rotatable bonds is 10. The van der Waals surface area contributed by atoms with Crippen LogP contribution in [0.4, 0.5) is 4.79 Å². The van der Waals surface area contributed by atoms with E-state index < -0.39 is 12.0 Å². The predicted molar refractivity (Wildman–Crippen MR) is 79.9 cm³/mol. The van der Waals surface area contributed by atoms with Crippen LogP contribution in [0.3, 0.4) is 0 Å². The number of nitrogens with one attached hydrogen (secondary N) is 3. The molecule has 0 aliphatic carbocycles. The second kappa shape index (κ2) is 10.9. The first kappa shape index (κ1) is 19.2. The lowest BCUT2D eigenvalue weighted by Crippen LogP contribution is -2.48. The Balaban J connectivity index is 3.79. The molecule has 0 bridgehead atoms. The summed E-state index contributed by atoms with van der Waals surface area (Å²) >= 11 is 0. The zero-order chi connectivity index (χ0) is 16.3. The van der Waals surface area contributed by atoms with E-state index in [-0.39, 0.29) is 24.3 Å². The van der Waals surface area contributed by atoms with Crippen LogP contribution < -0.4 is 16.0 Å². The van der Waals surface area contributed by atoms with Crippen LogP contribution >= 0.6 is 0 Å². The first-order valence-electron chi connectivity index (χ1n) is 7.40. The molecule has 0 heterocycles. The number of aliphatic carboxylic acids is 1. The van der Waals surface area contributed by atoms with Gasteiger partial charge in [0.05, 0.1) is 0 Å². The summed E-state index contributed by atoms with van der Waals surface area (Å²) in [7, 11) is 0. The van der Waals surface area contributed by atoms with Gasteiger partial charge in [-0.2, -0.15) is 0 Å². The Morgan fingerprint density at radius 3 is 2.29 bits per heavy atom. The summed E-state index contributed by atoms with van der Waals surface area (Å²) in [5.41, 5.74) is 0. The Labute approximate surface area is 125 Å². The summed E-state index contributed by atoms with van der Waals surface area (Å²) in [5, 5.41) is 16.5. The van der Waals surface area contributed by atoms with Gasteiger partial charge < -0.3 is 21.1 Å². The molecule has 2 unspecified atom stereocenters. The van der Waals surface area contributed by atoms with Crippen molar-refractivity contribution < 1.29 is 19.5 Å². The van der Waals surface area contributed by atoms with Gasteiger partial charge in [0, 0.05) is 19.5 Å². The third kappa shape index (κ3) is 10.6. The van der Waals surface area contributed by atoms with Crippen LogP contribution in [0.15, 0.2) is 0 Å². The van der Waals surface area contributed by atoms with Gasteiger partial charge in [0.1, 0.15) is 6.04 Å². The molecule has 0 aromatic carbocycles. The minimum Gasteiger partial charge on any atom is -0.481 e. The predicted octanol–water partition coefficient (Wildman–Crippen LogP) is 1.09. The Kier molecular flexibility index (Phi) is 10.0. The fourth-order valence-corrected chi connectivity index (χ4v) is 1.66. The number of carbonyl (C=O) groups excluding carboxylic acids is 2. The second-order valence-electron chi connectivity index (χ2n) is 5.24. The molecule has 0 aromatic rings. The first-order valence-corrected chi connectivity index (χ1v) is 7.40. The molecule has 0 radical (unpaired) electrons. The van der Waals surface area contributed by atoms with Gasteiger partial charge in [-0.05, 0) is 32.1 Å². The highest BCUT2D eigenvalue weighted by Gasteiger charge is 2.14. The van der Waals surface area contributed by atoms with E-state index in [4.69, 9.17) is 5.11 Å². The molecule has 21 heavy (non-hydrogen) atoms. The zero-order valence-electron chi connectivity index (χ0n) is 13.1. The molecule has 0 saturated carbocycles.